The molecular formula is C15H17ClFNO4S. The van der Waals surface area contributed by atoms with Crippen LogP contribution in [-0.2, 0) is 19.6 Å². The van der Waals surface area contributed by atoms with Crippen LogP contribution in [0.1, 0.15) is 35.6 Å². The zero-order valence-corrected chi connectivity index (χ0v) is 13.4. The maximum absolute atomic E-state index is 13.3. The van der Waals surface area contributed by atoms with Gasteiger partial charge in [-0.2, -0.15) is 0 Å². The van der Waals surface area contributed by atoms with Crippen LogP contribution in [0.5, 0.6) is 0 Å². The van der Waals surface area contributed by atoms with Gasteiger partial charge in [0.2, 0.25) is 10.0 Å². The Bertz CT molecular complexity index is 1020. The molecule has 0 saturated carbocycles. The Labute approximate surface area is 149 Å². The van der Waals surface area contributed by atoms with Crippen LogP contribution in [-0.4, -0.2) is 26.2 Å². The fraction of sp³-hybridized carbons (Fsp3) is 0.400. The second kappa shape index (κ2) is 7.31. The summed E-state index contributed by atoms with van der Waals surface area (Å²) in [4.78, 5) is 12.4. The van der Waals surface area contributed by atoms with E-state index >= 15 is 0 Å². The molecule has 0 aromatic heterocycles. The molecule has 0 amide bonds. The number of allylic oxidation sites excluding steroid dienone is 1. The third-order valence-electron chi connectivity index (χ3n) is 2.65. The summed E-state index contributed by atoms with van der Waals surface area (Å²) in [5.41, 5.74) is -1.71. The van der Waals surface area contributed by atoms with Crippen molar-refractivity contribution in [3.05, 3.63) is 40.7 Å². The first kappa shape index (κ1) is 10.3. The Kier molecular flexibility index (Phi) is 3.28. The molecule has 0 bridgehead atoms. The number of nitrogens with one attached hydrogen (secondary N) is 1. The SMILES string of the molecule is [2H]C1([2H])C=C(C(=O)OCC)[C@]([2H])(S(=O)(=O)Nc2ccc(F)cc2Cl)C([2H])([2H])C1([2H])[2H]. The standard InChI is InChI=1S/C15H17ClFNO4S/c1-2-22-15(19)11-5-3-4-6-14(11)23(20,21)18-13-8-7-10(17)9-12(13)16/h5,7-9,14,18H,2-4,6H2,1H3/t14-/m1/s1/i3D2,4D2,6D2,14D. The van der Waals surface area contributed by atoms with Crippen LogP contribution in [0.25, 0.3) is 0 Å². The monoisotopic (exact) mass is 368 g/mol. The Morgan fingerprint density at radius 1 is 1.61 bits per heavy atom. The summed E-state index contributed by atoms with van der Waals surface area (Å²) in [5.74, 6) is -2.32. The fourth-order valence-corrected chi connectivity index (χ4v) is 3.13. The number of hydrogen-bond acceptors (Lipinski definition) is 4. The summed E-state index contributed by atoms with van der Waals surface area (Å²) >= 11 is 5.78. The van der Waals surface area contributed by atoms with Crippen LogP contribution in [0.2, 0.25) is 5.02 Å². The molecule has 0 heterocycles. The molecule has 126 valence electrons. The van der Waals surface area contributed by atoms with Gasteiger partial charge in [0.15, 0.2) is 0 Å². The molecule has 1 aliphatic rings. The number of sulfonamides is 1. The van der Waals surface area contributed by atoms with E-state index in [0.717, 1.165) is 18.2 Å². The van der Waals surface area contributed by atoms with Gasteiger partial charge >= 0.3 is 5.97 Å². The molecule has 2 rings (SSSR count). The van der Waals surface area contributed by atoms with Gasteiger partial charge in [-0.1, -0.05) is 17.7 Å². The molecule has 0 spiro atoms. The number of ether oxygens (including phenoxy) is 1. The smallest absolute Gasteiger partial charge is 0.335 e. The minimum atomic E-state index is -5.35. The van der Waals surface area contributed by atoms with Gasteiger partial charge in [0, 0.05) is 8.22 Å². The number of carbonyl (C=O) groups is 1. The minimum Gasteiger partial charge on any atom is -0.463 e. The minimum absolute atomic E-state index is 0.241. The lowest BCUT2D eigenvalue weighted by atomic mass is 9.99. The Hall–Kier alpha value is -1.60. The van der Waals surface area contributed by atoms with Crippen molar-refractivity contribution >= 4 is 33.3 Å². The first-order valence-corrected chi connectivity index (χ1v) is 8.20. The van der Waals surface area contributed by atoms with E-state index in [0.29, 0.717) is 0 Å². The molecular weight excluding hydrogens is 345 g/mol. The number of carbonyl (C=O) groups excluding carboxylic acids is 1. The number of hydrogen-bond donors (Lipinski definition) is 1. The van der Waals surface area contributed by atoms with Gasteiger partial charge in [0.1, 0.15) is 11.0 Å². The van der Waals surface area contributed by atoms with Crippen molar-refractivity contribution in [1.82, 2.24) is 0 Å². The average molecular weight is 369 g/mol. The number of anilines is 1. The lowest BCUT2D eigenvalue weighted by molar-refractivity contribution is -0.138. The van der Waals surface area contributed by atoms with Gasteiger partial charge in [-0.25, -0.2) is 17.6 Å². The molecule has 0 fully saturated rings. The van der Waals surface area contributed by atoms with Gasteiger partial charge in [0.25, 0.3) is 0 Å². The van der Waals surface area contributed by atoms with Gasteiger partial charge in [-0.15, -0.1) is 0 Å². The molecule has 1 aromatic rings. The highest BCUT2D eigenvalue weighted by Crippen LogP contribution is 2.30. The molecule has 0 aliphatic heterocycles. The predicted molar refractivity (Wildman–Crippen MR) is 86.3 cm³/mol. The van der Waals surface area contributed by atoms with E-state index in [4.69, 9.17) is 21.2 Å². The lowest BCUT2D eigenvalue weighted by Crippen LogP contribution is -2.34. The third-order valence-corrected chi connectivity index (χ3v) is 4.31. The Balaban J connectivity index is 2.79. The molecule has 23 heavy (non-hydrogen) atoms. The quantitative estimate of drug-likeness (QED) is 0.809. The van der Waals surface area contributed by atoms with Crippen LogP contribution < -0.4 is 4.72 Å². The summed E-state index contributed by atoms with van der Waals surface area (Å²) in [6.45, 7) is 1.04. The second-order valence-electron chi connectivity index (χ2n) is 4.23. The third kappa shape index (κ3) is 4.23. The zero-order valence-electron chi connectivity index (χ0n) is 18.8. The van der Waals surface area contributed by atoms with Gasteiger partial charge in [-0.3, -0.25) is 4.72 Å². The van der Waals surface area contributed by atoms with Crippen molar-refractivity contribution in [2.24, 2.45) is 0 Å². The van der Waals surface area contributed by atoms with Crippen LogP contribution in [0, 0.1) is 5.82 Å². The molecule has 1 N–H and O–H groups in total. The summed E-state index contributed by atoms with van der Waals surface area (Å²) in [7, 11) is -5.35. The maximum atomic E-state index is 13.3. The van der Waals surface area contributed by atoms with Crippen molar-refractivity contribution in [3.63, 3.8) is 0 Å². The normalized spacial score (nSPS) is 32.5. The van der Waals surface area contributed by atoms with Crippen LogP contribution in [0.15, 0.2) is 29.8 Å². The van der Waals surface area contributed by atoms with E-state index in [2.05, 4.69) is 4.74 Å². The summed E-state index contributed by atoms with van der Waals surface area (Å²) < 4.78 is 102. The van der Waals surface area contributed by atoms with Crippen LogP contribution >= 0.6 is 11.6 Å². The van der Waals surface area contributed by atoms with Gasteiger partial charge < -0.3 is 4.74 Å². The van der Waals surface area contributed by atoms with E-state index in [1.54, 1.807) is 4.72 Å². The molecule has 0 unspecified atom stereocenters. The van der Waals surface area contributed by atoms with E-state index in [1.807, 2.05) is 0 Å². The van der Waals surface area contributed by atoms with E-state index in [1.165, 1.54) is 6.92 Å². The van der Waals surface area contributed by atoms with E-state index in [-0.39, 0.29) is 12.7 Å². The Morgan fingerprint density at radius 2 is 2.35 bits per heavy atom. The molecule has 8 heteroatoms. The molecule has 5 nitrogen and oxygen atoms in total. The number of rotatable bonds is 5. The molecule has 1 atom stereocenters. The Morgan fingerprint density at radius 3 is 3.00 bits per heavy atom. The summed E-state index contributed by atoms with van der Waals surface area (Å²) in [5, 5.41) is -4.14. The van der Waals surface area contributed by atoms with E-state index < -0.39 is 62.4 Å². The van der Waals surface area contributed by atoms with Crippen LogP contribution in [0.3, 0.4) is 0 Å². The topological polar surface area (TPSA) is 72.5 Å². The number of benzene rings is 1. The summed E-state index contributed by atoms with van der Waals surface area (Å²) in [6, 6.07) is 2.46. The maximum Gasteiger partial charge on any atom is 0.335 e. The second-order valence-corrected chi connectivity index (χ2v) is 6.26. The highest BCUT2D eigenvalue weighted by atomic mass is 35.5. The lowest BCUT2D eigenvalue weighted by Gasteiger charge is -2.24. The molecule has 1 aliphatic carbocycles. The van der Waals surface area contributed by atoms with Crippen molar-refractivity contribution in [1.29, 1.82) is 0 Å². The molecule has 1 aromatic carbocycles. The van der Waals surface area contributed by atoms with Crippen molar-refractivity contribution in [2.45, 2.75) is 31.3 Å². The number of esters is 1. The van der Waals surface area contributed by atoms with Crippen molar-refractivity contribution in [3.8, 4) is 0 Å². The molecule has 0 radical (unpaired) electrons. The fourth-order valence-electron chi connectivity index (χ4n) is 1.67. The van der Waals surface area contributed by atoms with E-state index in [9.17, 15) is 17.6 Å². The van der Waals surface area contributed by atoms with Gasteiger partial charge in [-0.05, 0) is 44.2 Å². The van der Waals surface area contributed by atoms with Crippen molar-refractivity contribution < 1.29 is 31.9 Å². The first-order valence-electron chi connectivity index (χ1n) is 9.84. The van der Waals surface area contributed by atoms with Gasteiger partial charge in [0.05, 0.1) is 24.3 Å². The predicted octanol–water partition coefficient (Wildman–Crippen LogP) is 3.26. The first-order chi connectivity index (χ1) is 13.5. The van der Waals surface area contributed by atoms with Crippen LogP contribution in [0.4, 0.5) is 10.1 Å². The largest absolute Gasteiger partial charge is 0.463 e. The average Bonchev–Trinajstić information content (AvgIpc) is 2.60. The van der Waals surface area contributed by atoms with Crippen molar-refractivity contribution in [2.75, 3.05) is 11.3 Å². The highest BCUT2D eigenvalue weighted by molar-refractivity contribution is 7.93. The zero-order chi connectivity index (χ0) is 23.3. The number of halogens is 2. The highest BCUT2D eigenvalue weighted by Gasteiger charge is 2.35. The molecule has 0 saturated heterocycles. The summed E-state index contributed by atoms with van der Waals surface area (Å²) in [6.07, 6.45) is -10.3.